The van der Waals surface area contributed by atoms with Crippen LogP contribution in [0.1, 0.15) is 37.7 Å². The molecule has 33 heavy (non-hydrogen) atoms. The number of nitrogens with zero attached hydrogens (tertiary/aromatic N) is 3. The number of hydrogen-bond acceptors (Lipinski definition) is 4. The first-order valence-electron chi connectivity index (χ1n) is 11.1. The number of aromatic nitrogens is 4. The maximum atomic E-state index is 13.9. The van der Waals surface area contributed by atoms with Crippen LogP contribution in [0.3, 0.4) is 0 Å². The molecule has 0 aliphatic heterocycles. The molecular weight excluding hydrogens is 434 g/mol. The Morgan fingerprint density at radius 3 is 2.55 bits per heavy atom. The number of H-pyrrole nitrogens is 1. The Morgan fingerprint density at radius 1 is 1.00 bits per heavy atom. The molecule has 1 atom stereocenters. The number of hydrogen-bond donors (Lipinski definition) is 2. The molecule has 2 bridgehead atoms. The fraction of sp³-hybridized carbons (Fsp3) is 0.375. The Bertz CT molecular complexity index is 1350. The summed E-state index contributed by atoms with van der Waals surface area (Å²) in [6.45, 7) is 0. The van der Waals surface area contributed by atoms with Crippen molar-refractivity contribution in [3.63, 3.8) is 0 Å². The van der Waals surface area contributed by atoms with Crippen LogP contribution in [0.2, 0.25) is 0 Å². The van der Waals surface area contributed by atoms with Gasteiger partial charge in [-0.25, -0.2) is 19.3 Å². The number of alkyl halides is 3. The minimum Gasteiger partial charge on any atom is -0.366 e. The fourth-order valence-electron chi connectivity index (χ4n) is 5.43. The second-order valence-electron chi connectivity index (χ2n) is 9.14. The van der Waals surface area contributed by atoms with Crippen molar-refractivity contribution in [1.29, 1.82) is 0 Å². The van der Waals surface area contributed by atoms with Crippen molar-refractivity contribution in [1.82, 2.24) is 19.9 Å². The molecule has 3 saturated carbocycles. The number of rotatable bonds is 3. The number of aromatic amines is 1. The van der Waals surface area contributed by atoms with Gasteiger partial charge >= 0.3 is 6.18 Å². The molecule has 1 unspecified atom stereocenters. The second-order valence-corrected chi connectivity index (χ2v) is 9.14. The van der Waals surface area contributed by atoms with E-state index in [0.717, 1.165) is 37.6 Å². The zero-order chi connectivity index (χ0) is 22.7. The average molecular weight is 455 g/mol. The highest BCUT2D eigenvalue weighted by molar-refractivity contribution is 5.96. The molecule has 4 aromatic rings. The summed E-state index contributed by atoms with van der Waals surface area (Å²) >= 11 is 0. The summed E-state index contributed by atoms with van der Waals surface area (Å²) < 4.78 is 54.2. The molecule has 0 saturated heterocycles. The van der Waals surface area contributed by atoms with Crippen molar-refractivity contribution in [3.05, 3.63) is 48.0 Å². The highest BCUT2D eigenvalue weighted by atomic mass is 19.4. The van der Waals surface area contributed by atoms with E-state index in [4.69, 9.17) is 0 Å². The molecule has 3 aromatic heterocycles. The summed E-state index contributed by atoms with van der Waals surface area (Å²) in [4.78, 5) is 16.2. The van der Waals surface area contributed by atoms with Crippen LogP contribution in [-0.4, -0.2) is 26.0 Å². The molecule has 3 heterocycles. The van der Waals surface area contributed by atoms with Crippen LogP contribution in [0.15, 0.2) is 36.7 Å². The Balaban J connectivity index is 1.50. The highest BCUT2D eigenvalue weighted by Crippen LogP contribution is 2.43. The zero-order valence-electron chi connectivity index (χ0n) is 17.6. The molecule has 2 N–H and O–H groups in total. The van der Waals surface area contributed by atoms with Gasteiger partial charge in [-0.05, 0) is 55.4 Å². The lowest BCUT2D eigenvalue weighted by atomic mass is 9.68. The highest BCUT2D eigenvalue weighted by Gasteiger charge is 2.36. The van der Waals surface area contributed by atoms with Crippen molar-refractivity contribution in [2.24, 2.45) is 11.8 Å². The Morgan fingerprint density at radius 2 is 1.82 bits per heavy atom. The molecule has 3 aliphatic rings. The molecule has 3 aliphatic carbocycles. The summed E-state index contributed by atoms with van der Waals surface area (Å²) in [7, 11) is 0. The zero-order valence-corrected chi connectivity index (χ0v) is 17.6. The molecule has 1 aromatic carbocycles. The van der Waals surface area contributed by atoms with Crippen LogP contribution in [-0.2, 0) is 6.18 Å². The molecule has 0 radical (unpaired) electrons. The van der Waals surface area contributed by atoms with Gasteiger partial charge in [-0.15, -0.1) is 0 Å². The first-order valence-corrected chi connectivity index (χ1v) is 11.1. The predicted molar refractivity (Wildman–Crippen MR) is 117 cm³/mol. The fourth-order valence-corrected chi connectivity index (χ4v) is 5.43. The molecule has 0 amide bonds. The maximum absolute atomic E-state index is 13.9. The van der Waals surface area contributed by atoms with E-state index >= 15 is 0 Å². The lowest BCUT2D eigenvalue weighted by molar-refractivity contribution is -0.137. The van der Waals surface area contributed by atoms with Gasteiger partial charge in [0, 0.05) is 28.6 Å². The maximum Gasteiger partial charge on any atom is 0.416 e. The van der Waals surface area contributed by atoms with Gasteiger partial charge in [0.25, 0.3) is 0 Å². The summed E-state index contributed by atoms with van der Waals surface area (Å²) in [6.07, 6.45) is 3.97. The number of halogens is 4. The van der Waals surface area contributed by atoms with Crippen LogP contribution >= 0.6 is 0 Å². The topological polar surface area (TPSA) is 66.5 Å². The van der Waals surface area contributed by atoms with E-state index in [1.54, 1.807) is 6.20 Å². The van der Waals surface area contributed by atoms with E-state index in [1.807, 2.05) is 0 Å². The van der Waals surface area contributed by atoms with Gasteiger partial charge in [0.2, 0.25) is 0 Å². The first kappa shape index (κ1) is 20.4. The van der Waals surface area contributed by atoms with Gasteiger partial charge in [0.1, 0.15) is 17.3 Å². The van der Waals surface area contributed by atoms with Gasteiger partial charge in [-0.3, -0.25) is 0 Å². The van der Waals surface area contributed by atoms with Gasteiger partial charge in [-0.1, -0.05) is 12.8 Å². The third-order valence-corrected chi connectivity index (χ3v) is 7.13. The Hall–Kier alpha value is -3.23. The van der Waals surface area contributed by atoms with E-state index < -0.39 is 17.6 Å². The molecular formula is C24H21F4N5. The third-order valence-electron chi connectivity index (χ3n) is 7.13. The number of pyridine rings is 1. The van der Waals surface area contributed by atoms with Crippen molar-refractivity contribution in [2.75, 3.05) is 5.32 Å². The van der Waals surface area contributed by atoms with Crippen molar-refractivity contribution in [3.8, 4) is 11.4 Å². The number of benzene rings is 1. The Kier molecular flexibility index (Phi) is 4.57. The number of fused-ring (bicyclic) bond motifs is 5. The van der Waals surface area contributed by atoms with Crippen LogP contribution in [0.25, 0.3) is 33.3 Å². The standard InChI is InChI=1S/C24H21F4N5/c25-15-9-16-18(11-30-21(16)29-10-15)23-31-19-6-5-14(24(26,27)28)8-17(19)22(33-23)32-20-7-12-1-3-13(20)4-2-12/h5-6,8-13,20H,1-4,7H2,(H,29,30)(H,31,32,33). The van der Waals surface area contributed by atoms with E-state index in [9.17, 15) is 17.6 Å². The summed E-state index contributed by atoms with van der Waals surface area (Å²) in [5, 5.41) is 4.33. The second kappa shape index (κ2) is 7.40. The SMILES string of the molecule is Fc1cnc2[nH]cc(-c3nc(NC4CC5CCC4CC5)c4cc(C(F)(F)F)ccc4n3)c2c1. The van der Waals surface area contributed by atoms with Gasteiger partial charge in [0.15, 0.2) is 5.82 Å². The van der Waals surface area contributed by atoms with Gasteiger partial charge in [-0.2, -0.15) is 13.2 Å². The number of nitrogens with one attached hydrogen (secondary N) is 2. The lowest BCUT2D eigenvalue weighted by Gasteiger charge is -2.43. The third kappa shape index (κ3) is 3.59. The summed E-state index contributed by atoms with van der Waals surface area (Å²) in [5.41, 5.74) is 0.696. The van der Waals surface area contributed by atoms with E-state index in [2.05, 4.69) is 25.3 Å². The normalized spacial score (nSPS) is 22.8. The summed E-state index contributed by atoms with van der Waals surface area (Å²) in [6, 6.07) is 5.03. The van der Waals surface area contributed by atoms with Crippen LogP contribution in [0.4, 0.5) is 23.4 Å². The van der Waals surface area contributed by atoms with Gasteiger partial charge < -0.3 is 10.3 Å². The van der Waals surface area contributed by atoms with Gasteiger partial charge in [0.05, 0.1) is 17.3 Å². The molecule has 7 rings (SSSR count). The van der Waals surface area contributed by atoms with Crippen molar-refractivity contribution in [2.45, 2.75) is 44.3 Å². The van der Waals surface area contributed by atoms with E-state index in [0.29, 0.717) is 51.0 Å². The molecule has 0 spiro atoms. The van der Waals surface area contributed by atoms with E-state index in [-0.39, 0.29) is 6.04 Å². The van der Waals surface area contributed by atoms with Crippen molar-refractivity contribution < 1.29 is 17.6 Å². The number of anilines is 1. The molecule has 170 valence electrons. The van der Waals surface area contributed by atoms with Crippen LogP contribution in [0.5, 0.6) is 0 Å². The Labute approximate surface area is 186 Å². The smallest absolute Gasteiger partial charge is 0.366 e. The minimum atomic E-state index is -4.46. The summed E-state index contributed by atoms with van der Waals surface area (Å²) in [5.74, 6) is 1.34. The molecule has 5 nitrogen and oxygen atoms in total. The monoisotopic (exact) mass is 455 g/mol. The molecule has 3 fully saturated rings. The lowest BCUT2D eigenvalue weighted by Crippen LogP contribution is -2.40. The van der Waals surface area contributed by atoms with E-state index in [1.165, 1.54) is 25.0 Å². The predicted octanol–water partition coefficient (Wildman–Crippen LogP) is 6.32. The van der Waals surface area contributed by atoms with Crippen LogP contribution in [0, 0.1) is 17.7 Å². The first-order chi connectivity index (χ1) is 15.8. The molecule has 9 heteroatoms. The quantitative estimate of drug-likeness (QED) is 0.355. The van der Waals surface area contributed by atoms with Crippen LogP contribution < -0.4 is 5.32 Å². The van der Waals surface area contributed by atoms with Crippen molar-refractivity contribution >= 4 is 27.8 Å². The minimum absolute atomic E-state index is 0.167. The largest absolute Gasteiger partial charge is 0.416 e. The average Bonchev–Trinajstić information content (AvgIpc) is 3.22.